The number of thiophene rings is 2. The van der Waals surface area contributed by atoms with Gasteiger partial charge in [0.15, 0.2) is 0 Å². The summed E-state index contributed by atoms with van der Waals surface area (Å²) in [7, 11) is 0. The van der Waals surface area contributed by atoms with Gasteiger partial charge in [0.1, 0.15) is 21.0 Å². The number of rotatable bonds is 9. The van der Waals surface area contributed by atoms with Crippen LogP contribution in [0.1, 0.15) is 56.2 Å². The van der Waals surface area contributed by atoms with Gasteiger partial charge in [-0.15, -0.1) is 22.7 Å². The van der Waals surface area contributed by atoms with Crippen LogP contribution in [-0.4, -0.2) is 39.1 Å². The van der Waals surface area contributed by atoms with Gasteiger partial charge in [-0.2, -0.15) is 0 Å². The second-order valence-corrected chi connectivity index (χ2v) is 11.6. The molecule has 10 heteroatoms. The number of aromatic amines is 2. The first kappa shape index (κ1) is 36.6. The molecular formula is C33H35KN2O5S2. The minimum absolute atomic E-state index is 0. The van der Waals surface area contributed by atoms with Crippen molar-refractivity contribution in [2.75, 3.05) is 6.61 Å². The zero-order chi connectivity index (χ0) is 27.9. The summed E-state index contributed by atoms with van der Waals surface area (Å²) < 4.78 is 5.00. The van der Waals surface area contributed by atoms with E-state index in [0.717, 1.165) is 46.1 Å². The van der Waals surface area contributed by atoms with E-state index >= 15 is 0 Å². The van der Waals surface area contributed by atoms with E-state index in [0.29, 0.717) is 12.3 Å². The summed E-state index contributed by atoms with van der Waals surface area (Å²) in [5.41, 5.74) is 3.47. The molecule has 0 amide bonds. The topological polar surface area (TPSA) is 125 Å². The second kappa shape index (κ2) is 17.7. The molecule has 4 heterocycles. The number of benzene rings is 2. The van der Waals surface area contributed by atoms with Gasteiger partial charge in [-0.25, -0.2) is 9.59 Å². The fraction of sp³-hybridized carbons (Fsp3) is 0.212. The minimum Gasteiger partial charge on any atom is -0.870 e. The number of carbonyl (C=O) groups excluding carboxylic acids is 1. The quantitative estimate of drug-likeness (QED) is 0.145. The van der Waals surface area contributed by atoms with Crippen LogP contribution in [-0.2, 0) is 30.4 Å². The molecule has 0 radical (unpaired) electrons. The van der Waals surface area contributed by atoms with Crippen molar-refractivity contribution < 1.29 is 76.3 Å². The Kier molecular flexibility index (Phi) is 15.1. The Bertz CT molecular complexity index is 1660. The van der Waals surface area contributed by atoms with Gasteiger partial charge in [-0.3, -0.25) is 0 Å². The van der Waals surface area contributed by atoms with Crippen LogP contribution in [0.2, 0.25) is 0 Å². The maximum atomic E-state index is 11.7. The van der Waals surface area contributed by atoms with Crippen molar-refractivity contribution in [1.29, 1.82) is 0 Å². The summed E-state index contributed by atoms with van der Waals surface area (Å²) in [6.07, 6.45) is 4.05. The molecule has 0 fully saturated rings. The molecule has 7 nitrogen and oxygen atoms in total. The van der Waals surface area contributed by atoms with Crippen molar-refractivity contribution in [3.63, 3.8) is 0 Å². The van der Waals surface area contributed by atoms with Crippen LogP contribution < -0.4 is 51.4 Å². The van der Waals surface area contributed by atoms with Crippen LogP contribution in [0.4, 0.5) is 0 Å². The van der Waals surface area contributed by atoms with E-state index in [-0.39, 0.29) is 76.0 Å². The average molecular weight is 643 g/mol. The molecule has 0 spiro atoms. The molecule has 0 aliphatic carbocycles. The normalized spacial score (nSPS) is 10.2. The Morgan fingerprint density at radius 1 is 0.721 bits per heavy atom. The summed E-state index contributed by atoms with van der Waals surface area (Å²) in [4.78, 5) is 33.2. The molecule has 4 N–H and O–H groups in total. The van der Waals surface area contributed by atoms with Crippen molar-refractivity contribution >= 4 is 55.0 Å². The number of fused-ring (bicyclic) bond motifs is 2. The number of carboxylic acid groups (broad SMARTS) is 1. The summed E-state index contributed by atoms with van der Waals surface area (Å²) in [6, 6.07) is 28.6. The molecule has 0 aliphatic heterocycles. The maximum Gasteiger partial charge on any atom is 1.00 e. The van der Waals surface area contributed by atoms with Gasteiger partial charge in [-0.1, -0.05) is 68.1 Å². The molecule has 0 atom stereocenters. The Hall–Kier alpha value is -2.54. The van der Waals surface area contributed by atoms with Crippen LogP contribution >= 0.6 is 22.7 Å². The molecule has 4 aromatic heterocycles. The summed E-state index contributed by atoms with van der Waals surface area (Å²) >= 11 is 3.35. The van der Waals surface area contributed by atoms with Crippen LogP contribution in [0.5, 0.6) is 0 Å². The van der Waals surface area contributed by atoms with E-state index in [1.54, 1.807) is 28.7 Å². The number of H-pyrrole nitrogens is 2. The number of hydrogen-bond acceptors (Lipinski definition) is 6. The third-order valence-electron chi connectivity index (χ3n) is 6.45. The monoisotopic (exact) mass is 642 g/mol. The number of nitrogens with one attached hydrogen (secondary N) is 2. The summed E-state index contributed by atoms with van der Waals surface area (Å²) in [5.74, 6) is -1.19. The first-order valence-electron chi connectivity index (χ1n) is 13.2. The molecule has 6 aromatic rings. The van der Waals surface area contributed by atoms with Gasteiger partial charge in [0.05, 0.1) is 6.61 Å². The predicted molar refractivity (Wildman–Crippen MR) is 172 cm³/mol. The third-order valence-corrected chi connectivity index (χ3v) is 8.70. The van der Waals surface area contributed by atoms with Crippen molar-refractivity contribution in [3.8, 4) is 0 Å². The molecule has 2 aromatic carbocycles. The van der Waals surface area contributed by atoms with E-state index < -0.39 is 5.97 Å². The van der Waals surface area contributed by atoms with Gasteiger partial charge in [0, 0.05) is 20.5 Å². The predicted octanol–water partition coefficient (Wildman–Crippen LogP) is 5.37. The van der Waals surface area contributed by atoms with Gasteiger partial charge < -0.3 is 25.3 Å². The van der Waals surface area contributed by atoms with E-state index in [9.17, 15) is 9.59 Å². The smallest absolute Gasteiger partial charge is 0.870 e. The van der Waals surface area contributed by atoms with E-state index in [1.165, 1.54) is 20.9 Å². The van der Waals surface area contributed by atoms with Crippen LogP contribution in [0.15, 0.2) is 84.9 Å². The number of hydrogen-bond donors (Lipinski definition) is 3. The minimum atomic E-state index is -0.908. The molecular weight excluding hydrogens is 608 g/mol. The number of aromatic nitrogens is 2. The molecule has 0 bridgehead atoms. The number of carboxylic acids is 1. The third kappa shape index (κ3) is 9.99. The SMILES string of the molecule is C.CCOC(=O)c1cc2cc(CCc3ccccc3)sc2[nH]1.O=C(O)c1cc2cc(CCc3ccccc3)sc2[nH]1.[K+].[OH-]. The summed E-state index contributed by atoms with van der Waals surface area (Å²) in [5, 5.41) is 11.0. The Balaban J connectivity index is 0.000000282. The molecule has 6 rings (SSSR count). The fourth-order valence-corrected chi connectivity index (χ4v) is 6.56. The zero-order valence-corrected chi connectivity index (χ0v) is 28.3. The number of esters is 1. The first-order valence-corrected chi connectivity index (χ1v) is 14.8. The van der Waals surface area contributed by atoms with Crippen LogP contribution in [0.25, 0.3) is 20.4 Å². The van der Waals surface area contributed by atoms with E-state index in [2.05, 4.69) is 58.5 Å². The van der Waals surface area contributed by atoms with Gasteiger partial charge in [0.2, 0.25) is 0 Å². The number of carbonyl (C=O) groups is 2. The van der Waals surface area contributed by atoms with E-state index in [1.807, 2.05) is 37.3 Å². The van der Waals surface area contributed by atoms with Crippen LogP contribution in [0.3, 0.4) is 0 Å². The van der Waals surface area contributed by atoms with Gasteiger partial charge >= 0.3 is 63.3 Å². The zero-order valence-electron chi connectivity index (χ0n) is 23.6. The van der Waals surface area contributed by atoms with Gasteiger partial charge in [0.25, 0.3) is 0 Å². The largest absolute Gasteiger partial charge is 1.00 e. The van der Waals surface area contributed by atoms with Crippen LogP contribution in [0, 0.1) is 0 Å². The molecule has 0 unspecified atom stereocenters. The second-order valence-electron chi connectivity index (χ2n) is 9.36. The van der Waals surface area contributed by atoms with Crippen molar-refractivity contribution in [3.05, 3.63) is 117 Å². The Labute approximate surface area is 302 Å². The summed E-state index contributed by atoms with van der Waals surface area (Å²) in [6.45, 7) is 2.21. The van der Waals surface area contributed by atoms with Gasteiger partial charge in [-0.05, 0) is 68.0 Å². The Morgan fingerprint density at radius 2 is 1.16 bits per heavy atom. The average Bonchev–Trinajstić information content (AvgIpc) is 3.72. The molecule has 0 saturated heterocycles. The molecule has 0 aliphatic rings. The number of ether oxygens (including phenoxy) is 1. The molecule has 0 saturated carbocycles. The first-order chi connectivity index (χ1) is 19.5. The van der Waals surface area contributed by atoms with Crippen molar-refractivity contribution in [2.45, 2.75) is 40.0 Å². The van der Waals surface area contributed by atoms with E-state index in [4.69, 9.17) is 9.84 Å². The maximum absolute atomic E-state index is 11.7. The molecule has 220 valence electrons. The Morgan fingerprint density at radius 3 is 1.58 bits per heavy atom. The fourth-order valence-electron chi connectivity index (χ4n) is 4.46. The van der Waals surface area contributed by atoms with Crippen molar-refractivity contribution in [2.24, 2.45) is 0 Å². The number of aromatic carboxylic acids is 1. The van der Waals surface area contributed by atoms with Crippen molar-refractivity contribution in [1.82, 2.24) is 9.97 Å². The molecule has 43 heavy (non-hydrogen) atoms. The number of aryl methyl sites for hydroxylation is 4. The standard InChI is InChI=1S/C17H17NO2S.C15H13NO2S.CH4.K.H2O/c1-2-20-17(19)15-11-13-10-14(21-16(13)18-15)9-8-12-6-4-3-5-7-12;17-15(18)13-9-11-8-12(19-14(11)16-13)7-6-10-4-2-1-3-5-10;;;/h3-7,10-11,18H,2,8-9H2,1H3;1-5,8-9,16H,6-7H2,(H,17,18);1H4;;1H2/q;;;+1;/p-1.